The summed E-state index contributed by atoms with van der Waals surface area (Å²) in [6.07, 6.45) is 0. The minimum absolute atomic E-state index is 0.0230. The third-order valence-electron chi connectivity index (χ3n) is 6.47. The number of carbonyl (C=O) groups excluding carboxylic acids is 2. The topological polar surface area (TPSA) is 59.1 Å². The molecule has 182 valence electrons. The van der Waals surface area contributed by atoms with Crippen LogP contribution in [0.1, 0.15) is 27.4 Å². The van der Waals surface area contributed by atoms with Crippen LogP contribution >= 0.6 is 11.6 Å². The Bertz CT molecular complexity index is 1200. The number of amides is 2. The quantitative estimate of drug-likeness (QED) is 0.472. The Kier molecular flexibility index (Phi) is 7.61. The number of nitrogens with zero attached hydrogens (tertiary/aromatic N) is 2. The fourth-order valence-electron chi connectivity index (χ4n) is 4.69. The first-order chi connectivity index (χ1) is 16.9. The van der Waals surface area contributed by atoms with Gasteiger partial charge in [-0.1, -0.05) is 48.0 Å². The fraction of sp³-hybridized carbons (Fsp3) is 0.286. The SMILES string of the molecule is COc1ccc(OC)c([C@@H]2CN(C(=O)c3cccc(Cl)c3)C[C@H]2C(=O)N(C)Cc2ccccc2)c1. The van der Waals surface area contributed by atoms with Gasteiger partial charge in [0.2, 0.25) is 5.91 Å². The van der Waals surface area contributed by atoms with Gasteiger partial charge in [-0.05, 0) is 42.0 Å². The normalized spacial score (nSPS) is 17.2. The van der Waals surface area contributed by atoms with Gasteiger partial charge in [-0.15, -0.1) is 0 Å². The first-order valence-corrected chi connectivity index (χ1v) is 11.8. The summed E-state index contributed by atoms with van der Waals surface area (Å²) in [6, 6.07) is 22.3. The Morgan fingerprint density at radius 2 is 1.74 bits per heavy atom. The lowest BCUT2D eigenvalue weighted by molar-refractivity contribution is -0.134. The highest BCUT2D eigenvalue weighted by Gasteiger charge is 2.43. The Balaban J connectivity index is 1.67. The van der Waals surface area contributed by atoms with Crippen molar-refractivity contribution in [2.24, 2.45) is 5.92 Å². The summed E-state index contributed by atoms with van der Waals surface area (Å²) in [7, 11) is 5.01. The van der Waals surface area contributed by atoms with E-state index in [4.69, 9.17) is 21.1 Å². The number of ether oxygens (including phenoxy) is 2. The van der Waals surface area contributed by atoms with Crippen molar-refractivity contribution < 1.29 is 19.1 Å². The van der Waals surface area contributed by atoms with Crippen molar-refractivity contribution >= 4 is 23.4 Å². The Labute approximate surface area is 211 Å². The molecule has 0 spiro atoms. The highest BCUT2D eigenvalue weighted by Crippen LogP contribution is 2.40. The van der Waals surface area contributed by atoms with Crippen LogP contribution in [0.2, 0.25) is 5.02 Å². The zero-order chi connectivity index (χ0) is 24.9. The van der Waals surface area contributed by atoms with E-state index in [1.165, 1.54) is 0 Å². The molecule has 7 heteroatoms. The van der Waals surface area contributed by atoms with E-state index in [1.54, 1.807) is 55.3 Å². The second-order valence-electron chi connectivity index (χ2n) is 8.72. The molecule has 1 aliphatic rings. The third-order valence-corrected chi connectivity index (χ3v) is 6.71. The first-order valence-electron chi connectivity index (χ1n) is 11.5. The molecule has 0 unspecified atom stereocenters. The molecule has 1 heterocycles. The maximum absolute atomic E-state index is 13.7. The van der Waals surface area contributed by atoms with Gasteiger partial charge >= 0.3 is 0 Å². The highest BCUT2D eigenvalue weighted by atomic mass is 35.5. The van der Waals surface area contributed by atoms with Crippen LogP contribution in [0, 0.1) is 5.92 Å². The van der Waals surface area contributed by atoms with E-state index >= 15 is 0 Å². The van der Waals surface area contributed by atoms with E-state index in [0.29, 0.717) is 41.7 Å². The van der Waals surface area contributed by atoms with Crippen molar-refractivity contribution in [3.63, 3.8) is 0 Å². The molecule has 0 aromatic heterocycles. The van der Waals surface area contributed by atoms with Gasteiger partial charge in [-0.25, -0.2) is 0 Å². The summed E-state index contributed by atoms with van der Waals surface area (Å²) < 4.78 is 11.1. The standard InChI is InChI=1S/C28H29ClN2O4/c1-30(16-19-8-5-4-6-9-19)28(33)25-18-31(27(32)20-10-7-11-21(29)14-20)17-24(25)23-15-22(34-2)12-13-26(23)35-3/h4-15,24-25H,16-18H2,1-3H3/t24-,25+/m0/s1. The molecule has 1 saturated heterocycles. The number of halogens is 1. The molecule has 3 aromatic rings. The van der Waals surface area contributed by atoms with E-state index < -0.39 is 5.92 Å². The molecule has 1 fully saturated rings. The van der Waals surface area contributed by atoms with Gasteiger partial charge in [-0.2, -0.15) is 0 Å². The minimum atomic E-state index is -0.437. The zero-order valence-electron chi connectivity index (χ0n) is 20.1. The molecular weight excluding hydrogens is 464 g/mol. The molecule has 0 bridgehead atoms. The lowest BCUT2D eigenvalue weighted by atomic mass is 9.87. The summed E-state index contributed by atoms with van der Waals surface area (Å²) in [5.41, 5.74) is 2.39. The maximum Gasteiger partial charge on any atom is 0.253 e. The largest absolute Gasteiger partial charge is 0.497 e. The average Bonchev–Trinajstić information content (AvgIpc) is 3.33. The number of benzene rings is 3. The van der Waals surface area contributed by atoms with Crippen LogP contribution in [-0.4, -0.2) is 56.0 Å². The summed E-state index contributed by atoms with van der Waals surface area (Å²) in [5, 5.41) is 0.497. The molecule has 6 nitrogen and oxygen atoms in total. The van der Waals surface area contributed by atoms with Crippen molar-refractivity contribution in [3.05, 3.63) is 94.5 Å². The minimum Gasteiger partial charge on any atom is -0.497 e. The summed E-state index contributed by atoms with van der Waals surface area (Å²) in [4.78, 5) is 30.6. The number of carbonyl (C=O) groups is 2. The molecule has 0 aliphatic carbocycles. The highest BCUT2D eigenvalue weighted by molar-refractivity contribution is 6.30. The predicted octanol–water partition coefficient (Wildman–Crippen LogP) is 4.87. The van der Waals surface area contributed by atoms with Gasteiger partial charge in [-0.3, -0.25) is 9.59 Å². The fourth-order valence-corrected chi connectivity index (χ4v) is 4.88. The molecule has 0 saturated carbocycles. The van der Waals surface area contributed by atoms with Crippen LogP contribution in [0.5, 0.6) is 11.5 Å². The zero-order valence-corrected chi connectivity index (χ0v) is 20.9. The van der Waals surface area contributed by atoms with E-state index in [1.807, 2.05) is 48.5 Å². The maximum atomic E-state index is 13.7. The number of methoxy groups -OCH3 is 2. The second kappa shape index (κ2) is 10.8. The van der Waals surface area contributed by atoms with Gasteiger partial charge in [0.05, 0.1) is 20.1 Å². The van der Waals surface area contributed by atoms with Crippen molar-refractivity contribution in [3.8, 4) is 11.5 Å². The van der Waals surface area contributed by atoms with Crippen molar-refractivity contribution in [2.75, 3.05) is 34.4 Å². The monoisotopic (exact) mass is 492 g/mol. The molecular formula is C28H29ClN2O4. The third kappa shape index (κ3) is 5.43. The van der Waals surface area contributed by atoms with E-state index in [9.17, 15) is 9.59 Å². The molecule has 2 amide bonds. The van der Waals surface area contributed by atoms with Gasteiger partial charge in [0.25, 0.3) is 5.91 Å². The molecule has 2 atom stereocenters. The smallest absolute Gasteiger partial charge is 0.253 e. The molecule has 0 N–H and O–H groups in total. The van der Waals surface area contributed by atoms with Gasteiger partial charge in [0.15, 0.2) is 0 Å². The summed E-state index contributed by atoms with van der Waals surface area (Å²) >= 11 is 6.13. The summed E-state index contributed by atoms with van der Waals surface area (Å²) in [6.45, 7) is 1.17. The Hall–Kier alpha value is -3.51. The molecule has 0 radical (unpaired) electrons. The average molecular weight is 493 g/mol. The second-order valence-corrected chi connectivity index (χ2v) is 9.16. The molecule has 1 aliphatic heterocycles. The molecule has 35 heavy (non-hydrogen) atoms. The van der Waals surface area contributed by atoms with E-state index in [0.717, 1.165) is 11.1 Å². The number of rotatable bonds is 7. The number of hydrogen-bond donors (Lipinski definition) is 0. The van der Waals surface area contributed by atoms with Crippen LogP contribution in [0.3, 0.4) is 0 Å². The summed E-state index contributed by atoms with van der Waals surface area (Å²) in [5.74, 6) is 0.466. The number of likely N-dealkylation sites (tertiary alicyclic amines) is 1. The lowest BCUT2D eigenvalue weighted by Gasteiger charge is -2.25. The lowest BCUT2D eigenvalue weighted by Crippen LogP contribution is -2.36. The Morgan fingerprint density at radius 3 is 2.43 bits per heavy atom. The van der Waals surface area contributed by atoms with Crippen molar-refractivity contribution in [1.29, 1.82) is 0 Å². The van der Waals surface area contributed by atoms with E-state index in [-0.39, 0.29) is 17.7 Å². The van der Waals surface area contributed by atoms with Crippen molar-refractivity contribution in [2.45, 2.75) is 12.5 Å². The van der Waals surface area contributed by atoms with Gasteiger partial charge < -0.3 is 19.3 Å². The molecule has 4 rings (SSSR count). The van der Waals surface area contributed by atoms with Crippen LogP contribution in [0.4, 0.5) is 0 Å². The van der Waals surface area contributed by atoms with Gasteiger partial charge in [0.1, 0.15) is 11.5 Å². The van der Waals surface area contributed by atoms with Crippen LogP contribution in [0.25, 0.3) is 0 Å². The van der Waals surface area contributed by atoms with Gasteiger partial charge in [0, 0.05) is 48.7 Å². The van der Waals surface area contributed by atoms with Crippen LogP contribution in [0.15, 0.2) is 72.8 Å². The number of hydrogen-bond acceptors (Lipinski definition) is 4. The predicted molar refractivity (Wildman–Crippen MR) is 136 cm³/mol. The van der Waals surface area contributed by atoms with E-state index in [2.05, 4.69) is 0 Å². The molecule has 3 aromatic carbocycles. The van der Waals surface area contributed by atoms with Crippen LogP contribution < -0.4 is 9.47 Å². The van der Waals surface area contributed by atoms with Crippen molar-refractivity contribution in [1.82, 2.24) is 9.80 Å². The van der Waals surface area contributed by atoms with Crippen LogP contribution in [-0.2, 0) is 11.3 Å². The first kappa shape index (κ1) is 24.6. The Morgan fingerprint density at radius 1 is 0.971 bits per heavy atom.